The number of hydrogen-bond donors (Lipinski definition) is 1. The van der Waals surface area contributed by atoms with Gasteiger partial charge in [-0.3, -0.25) is 0 Å². The molecule has 0 radical (unpaired) electrons. The van der Waals surface area contributed by atoms with Crippen molar-refractivity contribution < 1.29 is 4.39 Å². The van der Waals surface area contributed by atoms with Crippen molar-refractivity contribution in [1.82, 2.24) is 25.5 Å². The summed E-state index contributed by atoms with van der Waals surface area (Å²) in [5, 5.41) is 15.5. The number of aromatic nitrogens is 4. The van der Waals surface area contributed by atoms with E-state index in [4.69, 9.17) is 0 Å². The number of aryl methyl sites for hydroxylation is 1. The van der Waals surface area contributed by atoms with E-state index in [1.165, 1.54) is 16.9 Å². The minimum Gasteiger partial charge on any atom is -0.317 e. The van der Waals surface area contributed by atoms with E-state index in [1.807, 2.05) is 12.1 Å². The van der Waals surface area contributed by atoms with Crippen LogP contribution in [0.5, 0.6) is 0 Å². The third-order valence-electron chi connectivity index (χ3n) is 3.14. The average molecular weight is 277 g/mol. The van der Waals surface area contributed by atoms with Crippen LogP contribution in [-0.2, 0) is 19.9 Å². The van der Waals surface area contributed by atoms with E-state index >= 15 is 0 Å². The van der Waals surface area contributed by atoms with Gasteiger partial charge in [0.05, 0.1) is 7.05 Å². The number of rotatable bonds is 7. The Bertz CT molecular complexity index is 523. The molecule has 0 aliphatic carbocycles. The molecule has 0 bridgehead atoms. The van der Waals surface area contributed by atoms with Crippen molar-refractivity contribution >= 4 is 0 Å². The summed E-state index contributed by atoms with van der Waals surface area (Å²) < 4.78 is 12.9. The minimum absolute atomic E-state index is 0.201. The number of nitrogens with one attached hydrogen (secondary N) is 1. The van der Waals surface area contributed by atoms with Gasteiger partial charge in [0, 0.05) is 6.42 Å². The summed E-state index contributed by atoms with van der Waals surface area (Å²) in [6, 6.07) is 6.66. The molecule has 0 aliphatic rings. The van der Waals surface area contributed by atoms with Crippen molar-refractivity contribution in [3.63, 3.8) is 0 Å². The van der Waals surface area contributed by atoms with Crippen molar-refractivity contribution in [2.45, 2.75) is 19.8 Å². The van der Waals surface area contributed by atoms with E-state index in [0.717, 1.165) is 37.3 Å². The summed E-state index contributed by atoms with van der Waals surface area (Å²) in [6.07, 6.45) is 1.63. The third kappa shape index (κ3) is 4.38. The van der Waals surface area contributed by atoms with Crippen LogP contribution in [0.2, 0.25) is 0 Å². The molecular weight excluding hydrogens is 257 g/mol. The summed E-state index contributed by atoms with van der Waals surface area (Å²) in [5.41, 5.74) is 1.12. The van der Waals surface area contributed by atoms with Crippen LogP contribution >= 0.6 is 0 Å². The van der Waals surface area contributed by atoms with Crippen LogP contribution in [0, 0.1) is 11.7 Å². The van der Waals surface area contributed by atoms with E-state index < -0.39 is 0 Å². The van der Waals surface area contributed by atoms with E-state index in [2.05, 4.69) is 27.7 Å². The molecule has 1 N–H and O–H groups in total. The van der Waals surface area contributed by atoms with Crippen LogP contribution in [-0.4, -0.2) is 33.3 Å². The summed E-state index contributed by atoms with van der Waals surface area (Å²) in [5.74, 6) is 0.912. The van der Waals surface area contributed by atoms with Gasteiger partial charge < -0.3 is 5.32 Å². The molecule has 1 atom stereocenters. The standard InChI is InChI=1S/C14H20FN5/c1-3-16-10-12(9-14-17-19-20(2)18-14)8-11-4-6-13(15)7-5-11/h4-7,12,16H,3,8-10H2,1-2H3. The zero-order chi connectivity index (χ0) is 14.4. The Labute approximate surface area is 118 Å². The summed E-state index contributed by atoms with van der Waals surface area (Å²) in [7, 11) is 1.76. The zero-order valence-electron chi connectivity index (χ0n) is 11.9. The van der Waals surface area contributed by atoms with Gasteiger partial charge in [-0.1, -0.05) is 19.1 Å². The Morgan fingerprint density at radius 1 is 1.25 bits per heavy atom. The zero-order valence-corrected chi connectivity index (χ0v) is 11.9. The minimum atomic E-state index is -0.201. The second-order valence-corrected chi connectivity index (χ2v) is 4.90. The molecule has 0 saturated carbocycles. The van der Waals surface area contributed by atoms with Gasteiger partial charge in [0.15, 0.2) is 5.82 Å². The van der Waals surface area contributed by atoms with Crippen molar-refractivity contribution in [3.05, 3.63) is 41.5 Å². The smallest absolute Gasteiger partial charge is 0.175 e. The Kier molecular flexibility index (Phi) is 5.17. The molecule has 5 nitrogen and oxygen atoms in total. The molecule has 1 heterocycles. The maximum Gasteiger partial charge on any atom is 0.175 e. The van der Waals surface area contributed by atoms with Gasteiger partial charge in [-0.25, -0.2) is 4.39 Å². The summed E-state index contributed by atoms with van der Waals surface area (Å²) in [4.78, 5) is 1.47. The van der Waals surface area contributed by atoms with E-state index in [1.54, 1.807) is 7.05 Å². The van der Waals surface area contributed by atoms with Gasteiger partial charge >= 0.3 is 0 Å². The topological polar surface area (TPSA) is 55.6 Å². The number of halogens is 1. The first kappa shape index (κ1) is 14.6. The normalized spacial score (nSPS) is 12.6. The first-order chi connectivity index (χ1) is 9.67. The van der Waals surface area contributed by atoms with E-state index in [9.17, 15) is 4.39 Å². The number of nitrogens with zero attached hydrogens (tertiary/aromatic N) is 4. The molecule has 0 fully saturated rings. The Morgan fingerprint density at radius 3 is 2.60 bits per heavy atom. The van der Waals surface area contributed by atoms with E-state index in [0.29, 0.717) is 5.92 Å². The van der Waals surface area contributed by atoms with Gasteiger partial charge in [0.2, 0.25) is 0 Å². The molecule has 1 aromatic heterocycles. The molecule has 0 spiro atoms. The predicted molar refractivity (Wildman–Crippen MR) is 74.6 cm³/mol. The highest BCUT2D eigenvalue weighted by atomic mass is 19.1. The van der Waals surface area contributed by atoms with Crippen molar-refractivity contribution in [3.8, 4) is 0 Å². The molecule has 2 aromatic rings. The van der Waals surface area contributed by atoms with Gasteiger partial charge in [-0.05, 0) is 48.3 Å². The maximum atomic E-state index is 12.9. The molecule has 6 heteroatoms. The SMILES string of the molecule is CCNCC(Cc1ccc(F)cc1)Cc1nnn(C)n1. The number of benzene rings is 1. The lowest BCUT2D eigenvalue weighted by Gasteiger charge is -2.15. The molecule has 20 heavy (non-hydrogen) atoms. The largest absolute Gasteiger partial charge is 0.317 e. The lowest BCUT2D eigenvalue weighted by molar-refractivity contribution is 0.467. The highest BCUT2D eigenvalue weighted by molar-refractivity contribution is 5.16. The third-order valence-corrected chi connectivity index (χ3v) is 3.14. The quantitative estimate of drug-likeness (QED) is 0.830. The van der Waals surface area contributed by atoms with Gasteiger partial charge in [0.1, 0.15) is 5.82 Å². The van der Waals surface area contributed by atoms with Crippen molar-refractivity contribution in [2.24, 2.45) is 13.0 Å². The van der Waals surface area contributed by atoms with Crippen molar-refractivity contribution in [2.75, 3.05) is 13.1 Å². The lowest BCUT2D eigenvalue weighted by atomic mass is 9.95. The second-order valence-electron chi connectivity index (χ2n) is 4.90. The molecule has 0 amide bonds. The van der Waals surface area contributed by atoms with E-state index in [-0.39, 0.29) is 5.82 Å². The van der Waals surface area contributed by atoms with Crippen LogP contribution in [0.1, 0.15) is 18.3 Å². The molecule has 0 saturated heterocycles. The van der Waals surface area contributed by atoms with Gasteiger partial charge in [-0.2, -0.15) is 4.80 Å². The lowest BCUT2D eigenvalue weighted by Crippen LogP contribution is -2.26. The van der Waals surface area contributed by atoms with Gasteiger partial charge in [0.25, 0.3) is 0 Å². The fourth-order valence-corrected chi connectivity index (χ4v) is 2.18. The molecule has 2 rings (SSSR count). The van der Waals surface area contributed by atoms with Gasteiger partial charge in [-0.15, -0.1) is 10.2 Å². The Morgan fingerprint density at radius 2 is 2.00 bits per heavy atom. The summed E-state index contributed by atoms with van der Waals surface area (Å²) >= 11 is 0. The first-order valence-corrected chi connectivity index (χ1v) is 6.85. The van der Waals surface area contributed by atoms with Crippen LogP contribution < -0.4 is 5.32 Å². The average Bonchev–Trinajstić information content (AvgIpc) is 2.84. The van der Waals surface area contributed by atoms with Crippen LogP contribution in [0.25, 0.3) is 0 Å². The highest BCUT2D eigenvalue weighted by Gasteiger charge is 2.13. The highest BCUT2D eigenvalue weighted by Crippen LogP contribution is 2.13. The fourth-order valence-electron chi connectivity index (χ4n) is 2.18. The van der Waals surface area contributed by atoms with Crippen LogP contribution in [0.3, 0.4) is 0 Å². The molecule has 1 unspecified atom stereocenters. The number of hydrogen-bond acceptors (Lipinski definition) is 4. The molecule has 0 aliphatic heterocycles. The first-order valence-electron chi connectivity index (χ1n) is 6.85. The van der Waals surface area contributed by atoms with Crippen molar-refractivity contribution in [1.29, 1.82) is 0 Å². The monoisotopic (exact) mass is 277 g/mol. The fraction of sp³-hybridized carbons (Fsp3) is 0.500. The molecular formula is C14H20FN5. The maximum absolute atomic E-state index is 12.9. The van der Waals surface area contributed by atoms with Crippen LogP contribution in [0.4, 0.5) is 4.39 Å². The Hall–Kier alpha value is -1.82. The molecule has 108 valence electrons. The predicted octanol–water partition coefficient (Wildman–Crippen LogP) is 1.36. The second kappa shape index (κ2) is 7.09. The summed E-state index contributed by atoms with van der Waals surface area (Å²) in [6.45, 7) is 3.88. The van der Waals surface area contributed by atoms with Crippen LogP contribution in [0.15, 0.2) is 24.3 Å². The number of tetrazole rings is 1. The molecule has 1 aromatic carbocycles. The Balaban J connectivity index is 2.00.